The number of para-hydroxylation sites is 2. The van der Waals surface area contributed by atoms with Crippen LogP contribution >= 0.6 is 0 Å². The Balaban J connectivity index is 0.918. The molecule has 0 N–H and O–H groups in total. The summed E-state index contributed by atoms with van der Waals surface area (Å²) >= 11 is 0. The fourth-order valence-electron chi connectivity index (χ4n) is 11.5. The van der Waals surface area contributed by atoms with Crippen LogP contribution in [0.25, 0.3) is 77.7 Å². The molecule has 0 radical (unpaired) electrons. The first-order valence-corrected chi connectivity index (χ1v) is 24.5. The maximum atomic E-state index is 4.56. The summed E-state index contributed by atoms with van der Waals surface area (Å²) < 4.78 is 4.70. The number of hydrogen-bond donors (Lipinski definition) is 0. The van der Waals surface area contributed by atoms with Gasteiger partial charge in [-0.05, 0) is 154 Å². The van der Waals surface area contributed by atoms with E-state index in [9.17, 15) is 0 Å². The lowest BCUT2D eigenvalue weighted by Crippen LogP contribution is -2.28. The van der Waals surface area contributed by atoms with E-state index < -0.39 is 5.41 Å². The average Bonchev–Trinajstić information content (AvgIpc) is 4.12. The van der Waals surface area contributed by atoms with E-state index in [0.29, 0.717) is 5.82 Å². The van der Waals surface area contributed by atoms with Gasteiger partial charge in [0, 0.05) is 68.7 Å². The number of nitrogens with zero attached hydrogens (tertiary/aromatic N) is 5. The summed E-state index contributed by atoms with van der Waals surface area (Å²) in [6.07, 6.45) is 5.77. The van der Waals surface area contributed by atoms with Crippen molar-refractivity contribution in [3.8, 4) is 45.0 Å². The monoisotopic (exact) mass is 919 g/mol. The molecule has 0 atom stereocenters. The summed E-state index contributed by atoms with van der Waals surface area (Å²) in [6.45, 7) is 0. The van der Waals surface area contributed by atoms with Crippen LogP contribution < -0.4 is 4.90 Å². The molecule has 5 nitrogen and oxygen atoms in total. The van der Waals surface area contributed by atoms with Crippen LogP contribution in [0.15, 0.2) is 273 Å². The number of rotatable bonds is 9. The summed E-state index contributed by atoms with van der Waals surface area (Å²) in [5.74, 6) is 0.699. The molecule has 338 valence electrons. The van der Waals surface area contributed by atoms with Gasteiger partial charge in [-0.2, -0.15) is 0 Å². The van der Waals surface area contributed by atoms with Gasteiger partial charge in [-0.3, -0.25) is 0 Å². The zero-order valence-electron chi connectivity index (χ0n) is 39.2. The van der Waals surface area contributed by atoms with E-state index >= 15 is 0 Å². The highest BCUT2D eigenvalue weighted by atomic mass is 15.1. The van der Waals surface area contributed by atoms with Gasteiger partial charge in [0.25, 0.3) is 0 Å². The van der Waals surface area contributed by atoms with Crippen molar-refractivity contribution in [2.75, 3.05) is 4.90 Å². The van der Waals surface area contributed by atoms with Gasteiger partial charge < -0.3 is 14.0 Å². The molecular formula is C67H45N5. The van der Waals surface area contributed by atoms with E-state index in [2.05, 4.69) is 279 Å². The first-order valence-electron chi connectivity index (χ1n) is 24.5. The number of fused-ring (bicyclic) bond motifs is 7. The molecule has 72 heavy (non-hydrogen) atoms. The zero-order valence-corrected chi connectivity index (χ0v) is 39.2. The van der Waals surface area contributed by atoms with E-state index in [0.717, 1.165) is 45.1 Å². The number of hydrogen-bond acceptors (Lipinski definition) is 3. The Kier molecular flexibility index (Phi) is 9.68. The SMILES string of the molecule is c1ccc(-n2ccc3cc4c5cc(-c6ccc(N(c7ccc(-c8ncccn8)cc7)c7ccc8c(c7)C(c7ccccc7)(c7ccccc7)c7ccccc7-8)cc6)ccc5n(-c5ccccc5)c4cc32)cc1. The van der Waals surface area contributed by atoms with Crippen molar-refractivity contribution < 1.29 is 0 Å². The molecule has 0 amide bonds. The average molecular weight is 920 g/mol. The first kappa shape index (κ1) is 41.4. The van der Waals surface area contributed by atoms with Gasteiger partial charge in [0.1, 0.15) is 0 Å². The van der Waals surface area contributed by atoms with Crippen LogP contribution in [0.1, 0.15) is 22.3 Å². The molecule has 10 aromatic carbocycles. The van der Waals surface area contributed by atoms with Gasteiger partial charge in [-0.1, -0.05) is 146 Å². The van der Waals surface area contributed by atoms with E-state index in [1.54, 1.807) is 12.4 Å². The molecule has 0 aliphatic heterocycles. The minimum atomic E-state index is -0.533. The van der Waals surface area contributed by atoms with Crippen LogP contribution in [0.3, 0.4) is 0 Å². The van der Waals surface area contributed by atoms with Crippen LogP contribution in [0.5, 0.6) is 0 Å². The highest BCUT2D eigenvalue weighted by Gasteiger charge is 2.46. The Hall–Kier alpha value is -9.58. The highest BCUT2D eigenvalue weighted by Crippen LogP contribution is 2.57. The molecule has 1 aliphatic rings. The van der Waals surface area contributed by atoms with Crippen molar-refractivity contribution in [3.63, 3.8) is 0 Å². The minimum absolute atomic E-state index is 0.533. The summed E-state index contributed by atoms with van der Waals surface area (Å²) in [5.41, 5.74) is 19.2. The normalized spacial score (nSPS) is 12.6. The van der Waals surface area contributed by atoms with Gasteiger partial charge >= 0.3 is 0 Å². The molecule has 0 saturated carbocycles. The van der Waals surface area contributed by atoms with Crippen molar-refractivity contribution >= 4 is 49.8 Å². The lowest BCUT2D eigenvalue weighted by Gasteiger charge is -2.35. The molecule has 14 rings (SSSR count). The fraction of sp³-hybridized carbons (Fsp3) is 0.0149. The summed E-state index contributed by atoms with van der Waals surface area (Å²) in [6, 6.07) is 92.7. The maximum Gasteiger partial charge on any atom is 0.159 e. The third-order valence-electron chi connectivity index (χ3n) is 14.7. The maximum absolute atomic E-state index is 4.56. The van der Waals surface area contributed by atoms with Gasteiger partial charge in [-0.25, -0.2) is 9.97 Å². The Morgan fingerprint density at radius 2 is 0.917 bits per heavy atom. The third kappa shape index (κ3) is 6.55. The molecule has 0 saturated heterocycles. The van der Waals surface area contributed by atoms with Crippen molar-refractivity contribution in [1.82, 2.24) is 19.1 Å². The van der Waals surface area contributed by atoms with Gasteiger partial charge in [0.05, 0.1) is 22.0 Å². The van der Waals surface area contributed by atoms with Crippen LogP contribution in [-0.2, 0) is 5.41 Å². The van der Waals surface area contributed by atoms with Crippen molar-refractivity contribution in [1.29, 1.82) is 0 Å². The second-order valence-electron chi connectivity index (χ2n) is 18.6. The minimum Gasteiger partial charge on any atom is -0.316 e. The highest BCUT2D eigenvalue weighted by molar-refractivity contribution is 6.14. The Morgan fingerprint density at radius 1 is 0.361 bits per heavy atom. The lowest BCUT2D eigenvalue weighted by molar-refractivity contribution is 0.768. The van der Waals surface area contributed by atoms with E-state index in [1.165, 1.54) is 66.1 Å². The largest absolute Gasteiger partial charge is 0.316 e. The van der Waals surface area contributed by atoms with Gasteiger partial charge in [0.2, 0.25) is 0 Å². The Morgan fingerprint density at radius 3 is 1.60 bits per heavy atom. The van der Waals surface area contributed by atoms with Gasteiger partial charge in [0.15, 0.2) is 5.82 Å². The quantitative estimate of drug-likeness (QED) is 0.145. The third-order valence-corrected chi connectivity index (χ3v) is 14.7. The van der Waals surface area contributed by atoms with Crippen molar-refractivity contribution in [2.45, 2.75) is 5.41 Å². The summed E-state index contributed by atoms with van der Waals surface area (Å²) in [4.78, 5) is 11.5. The molecule has 1 aliphatic carbocycles. The van der Waals surface area contributed by atoms with E-state index in [-0.39, 0.29) is 0 Å². The molecule has 0 unspecified atom stereocenters. The standard InChI is InChI=1S/C67H45N5/c1-5-16-50(17-6-1)67(51-18-7-2-8-19-51)61-25-14-13-24-57(61)58-36-35-56(44-62(58)67)71(55-33-28-47(29-34-55)66-68-39-15-40-69-66)54-31-26-46(27-32-54)48-30-37-63-59(42-48)60-43-49-38-41-70(52-20-9-3-10-21-52)64(49)45-65(60)72(63)53-22-11-4-12-23-53/h1-45H. The fourth-order valence-corrected chi connectivity index (χ4v) is 11.5. The van der Waals surface area contributed by atoms with Crippen LogP contribution in [-0.4, -0.2) is 19.1 Å². The number of benzene rings is 10. The predicted molar refractivity (Wildman–Crippen MR) is 296 cm³/mol. The van der Waals surface area contributed by atoms with Crippen LogP contribution in [0.4, 0.5) is 17.1 Å². The molecule has 3 aromatic heterocycles. The topological polar surface area (TPSA) is 38.9 Å². The summed E-state index contributed by atoms with van der Waals surface area (Å²) in [7, 11) is 0. The molecule has 0 fully saturated rings. The zero-order chi connectivity index (χ0) is 47.6. The number of anilines is 3. The molecule has 13 aromatic rings. The first-order chi connectivity index (χ1) is 35.7. The molecule has 5 heteroatoms. The molecular weight excluding hydrogens is 875 g/mol. The second-order valence-corrected chi connectivity index (χ2v) is 18.6. The van der Waals surface area contributed by atoms with E-state index in [4.69, 9.17) is 0 Å². The van der Waals surface area contributed by atoms with Crippen molar-refractivity contribution in [2.24, 2.45) is 0 Å². The molecule has 0 bridgehead atoms. The van der Waals surface area contributed by atoms with Crippen molar-refractivity contribution in [3.05, 3.63) is 296 Å². The Labute approximate surface area is 417 Å². The second kappa shape index (κ2) is 16.8. The summed E-state index contributed by atoms with van der Waals surface area (Å²) in [5, 5.41) is 3.65. The van der Waals surface area contributed by atoms with Crippen LogP contribution in [0, 0.1) is 0 Å². The molecule has 0 spiro atoms. The molecule has 3 heterocycles. The van der Waals surface area contributed by atoms with Gasteiger partial charge in [-0.15, -0.1) is 0 Å². The van der Waals surface area contributed by atoms with E-state index in [1.807, 2.05) is 6.07 Å². The predicted octanol–water partition coefficient (Wildman–Crippen LogP) is 16.7. The number of aromatic nitrogens is 4. The lowest BCUT2D eigenvalue weighted by atomic mass is 9.67. The Bertz CT molecular complexity index is 4070. The smallest absolute Gasteiger partial charge is 0.159 e. The van der Waals surface area contributed by atoms with Crippen LogP contribution in [0.2, 0.25) is 0 Å².